The number of nitrogens with one attached hydrogen (secondary N) is 2. The van der Waals surface area contributed by atoms with Gasteiger partial charge in [-0.1, -0.05) is 19.4 Å². The van der Waals surface area contributed by atoms with Gasteiger partial charge in [0.15, 0.2) is 5.11 Å². The minimum Gasteiger partial charge on any atom is -0.362 e. The lowest BCUT2D eigenvalue weighted by Gasteiger charge is -2.18. The molecule has 0 radical (unpaired) electrons. The fraction of sp³-hybridized carbons (Fsp3) is 0.533. The molecule has 0 aliphatic heterocycles. The second kappa shape index (κ2) is 6.74. The Hall–Kier alpha value is -1.09. The maximum atomic E-state index is 5.32. The fourth-order valence-corrected chi connectivity index (χ4v) is 2.22. The van der Waals surface area contributed by atoms with Gasteiger partial charge in [0, 0.05) is 12.2 Å². The van der Waals surface area contributed by atoms with Gasteiger partial charge in [-0.3, -0.25) is 0 Å². The van der Waals surface area contributed by atoms with Crippen LogP contribution in [0.4, 0.5) is 5.69 Å². The lowest BCUT2D eigenvalue weighted by atomic mass is 9.98. The summed E-state index contributed by atoms with van der Waals surface area (Å²) in [4.78, 5) is 0. The van der Waals surface area contributed by atoms with Crippen molar-refractivity contribution in [1.82, 2.24) is 5.32 Å². The van der Waals surface area contributed by atoms with E-state index in [0.717, 1.165) is 23.8 Å². The quantitative estimate of drug-likeness (QED) is 0.635. The van der Waals surface area contributed by atoms with E-state index in [1.165, 1.54) is 28.7 Å². The molecule has 0 saturated heterocycles. The van der Waals surface area contributed by atoms with Crippen LogP contribution in [0.5, 0.6) is 0 Å². The van der Waals surface area contributed by atoms with Gasteiger partial charge in [0.05, 0.1) is 0 Å². The van der Waals surface area contributed by atoms with Crippen molar-refractivity contribution in [2.75, 3.05) is 11.9 Å². The topological polar surface area (TPSA) is 24.1 Å². The van der Waals surface area contributed by atoms with Crippen LogP contribution in [0, 0.1) is 27.7 Å². The Balaban J connectivity index is 2.79. The normalized spacial score (nSPS) is 10.3. The van der Waals surface area contributed by atoms with E-state index in [0.29, 0.717) is 0 Å². The van der Waals surface area contributed by atoms with Crippen molar-refractivity contribution in [2.45, 2.75) is 47.5 Å². The van der Waals surface area contributed by atoms with Crippen molar-refractivity contribution in [2.24, 2.45) is 0 Å². The van der Waals surface area contributed by atoms with Crippen molar-refractivity contribution < 1.29 is 0 Å². The molecule has 1 rings (SSSR count). The Labute approximate surface area is 116 Å². The first-order valence-electron chi connectivity index (χ1n) is 6.59. The van der Waals surface area contributed by atoms with Crippen molar-refractivity contribution in [3.8, 4) is 0 Å². The largest absolute Gasteiger partial charge is 0.362 e. The minimum absolute atomic E-state index is 0.720. The van der Waals surface area contributed by atoms with Gasteiger partial charge >= 0.3 is 0 Å². The Bertz CT molecular complexity index is 439. The van der Waals surface area contributed by atoms with Crippen LogP contribution in [0.3, 0.4) is 0 Å². The Morgan fingerprint density at radius 3 is 2.39 bits per heavy atom. The van der Waals surface area contributed by atoms with E-state index in [1.807, 2.05) is 0 Å². The molecule has 0 bridgehead atoms. The number of thiocarbonyl (C=S) groups is 1. The average Bonchev–Trinajstić information content (AvgIpc) is 2.32. The van der Waals surface area contributed by atoms with Gasteiger partial charge in [0.25, 0.3) is 0 Å². The number of rotatable bonds is 4. The van der Waals surface area contributed by atoms with Gasteiger partial charge in [-0.05, 0) is 68.6 Å². The zero-order valence-corrected chi connectivity index (χ0v) is 12.9. The third kappa shape index (κ3) is 3.70. The molecule has 18 heavy (non-hydrogen) atoms. The van der Waals surface area contributed by atoms with Crippen LogP contribution in [-0.4, -0.2) is 11.7 Å². The highest BCUT2D eigenvalue weighted by atomic mass is 32.1. The average molecular weight is 264 g/mol. The highest BCUT2D eigenvalue weighted by molar-refractivity contribution is 7.80. The SMILES string of the molecule is CCCCNC(=S)Nc1c(C)cc(C)c(C)c1C. The molecule has 3 heteroatoms. The van der Waals surface area contributed by atoms with Gasteiger partial charge in [-0.25, -0.2) is 0 Å². The Morgan fingerprint density at radius 2 is 1.78 bits per heavy atom. The molecule has 0 aliphatic rings. The number of unbranched alkanes of at least 4 members (excludes halogenated alkanes) is 1. The molecule has 2 N–H and O–H groups in total. The Morgan fingerprint density at radius 1 is 1.11 bits per heavy atom. The number of anilines is 1. The molecule has 0 spiro atoms. The van der Waals surface area contributed by atoms with Gasteiger partial charge in [-0.2, -0.15) is 0 Å². The van der Waals surface area contributed by atoms with Gasteiger partial charge in [0.2, 0.25) is 0 Å². The number of hydrogen-bond donors (Lipinski definition) is 2. The summed E-state index contributed by atoms with van der Waals surface area (Å²) in [7, 11) is 0. The van der Waals surface area contributed by atoms with Crippen molar-refractivity contribution in [3.05, 3.63) is 28.3 Å². The predicted octanol–water partition coefficient (Wildman–Crippen LogP) is 4.01. The lowest BCUT2D eigenvalue weighted by molar-refractivity contribution is 0.758. The van der Waals surface area contributed by atoms with E-state index in [2.05, 4.69) is 51.3 Å². The van der Waals surface area contributed by atoms with E-state index >= 15 is 0 Å². The van der Waals surface area contributed by atoms with Crippen LogP contribution in [-0.2, 0) is 0 Å². The van der Waals surface area contributed by atoms with Crippen molar-refractivity contribution in [3.63, 3.8) is 0 Å². The summed E-state index contributed by atoms with van der Waals surface area (Å²) in [5.41, 5.74) is 6.34. The van der Waals surface area contributed by atoms with Gasteiger partial charge in [0.1, 0.15) is 0 Å². The standard InChI is InChI=1S/C15H24N2S/c1-6-7-8-16-15(18)17-14-11(3)9-10(2)12(4)13(14)5/h9H,6-8H2,1-5H3,(H2,16,17,18). The third-order valence-corrected chi connectivity index (χ3v) is 3.66. The van der Waals surface area contributed by atoms with E-state index < -0.39 is 0 Å². The van der Waals surface area contributed by atoms with Crippen LogP contribution < -0.4 is 10.6 Å². The fourth-order valence-electron chi connectivity index (χ4n) is 2.01. The molecule has 1 aromatic carbocycles. The maximum Gasteiger partial charge on any atom is 0.170 e. The smallest absolute Gasteiger partial charge is 0.170 e. The summed E-state index contributed by atoms with van der Waals surface area (Å²) < 4.78 is 0. The first kappa shape index (κ1) is 15.0. The highest BCUT2D eigenvalue weighted by Gasteiger charge is 2.08. The van der Waals surface area contributed by atoms with E-state index in [-0.39, 0.29) is 0 Å². The number of hydrogen-bond acceptors (Lipinski definition) is 1. The second-order valence-electron chi connectivity index (χ2n) is 4.87. The van der Waals surface area contributed by atoms with E-state index in [4.69, 9.17) is 12.2 Å². The van der Waals surface area contributed by atoms with Crippen LogP contribution in [0.2, 0.25) is 0 Å². The first-order chi connectivity index (χ1) is 8.47. The minimum atomic E-state index is 0.720. The second-order valence-corrected chi connectivity index (χ2v) is 5.28. The number of aryl methyl sites for hydroxylation is 2. The zero-order chi connectivity index (χ0) is 13.7. The highest BCUT2D eigenvalue weighted by Crippen LogP contribution is 2.26. The van der Waals surface area contributed by atoms with Gasteiger partial charge in [-0.15, -0.1) is 0 Å². The van der Waals surface area contributed by atoms with E-state index in [9.17, 15) is 0 Å². The molecule has 0 fully saturated rings. The summed E-state index contributed by atoms with van der Waals surface area (Å²) in [5.74, 6) is 0. The zero-order valence-electron chi connectivity index (χ0n) is 12.1. The van der Waals surface area contributed by atoms with E-state index in [1.54, 1.807) is 0 Å². The molecule has 2 nitrogen and oxygen atoms in total. The summed E-state index contributed by atoms with van der Waals surface area (Å²) in [5, 5.41) is 7.29. The summed E-state index contributed by atoms with van der Waals surface area (Å²) in [6, 6.07) is 2.21. The Kier molecular flexibility index (Phi) is 5.60. The third-order valence-electron chi connectivity index (χ3n) is 3.41. The molecule has 0 atom stereocenters. The molecular formula is C15H24N2S. The van der Waals surface area contributed by atoms with Crippen molar-refractivity contribution in [1.29, 1.82) is 0 Å². The van der Waals surface area contributed by atoms with Crippen LogP contribution in [0.1, 0.15) is 42.0 Å². The predicted molar refractivity (Wildman–Crippen MR) is 84.5 cm³/mol. The van der Waals surface area contributed by atoms with Gasteiger partial charge < -0.3 is 10.6 Å². The van der Waals surface area contributed by atoms with Crippen LogP contribution >= 0.6 is 12.2 Å². The van der Waals surface area contributed by atoms with Crippen molar-refractivity contribution >= 4 is 23.0 Å². The molecule has 0 aromatic heterocycles. The molecule has 100 valence electrons. The molecule has 1 aromatic rings. The lowest BCUT2D eigenvalue weighted by Crippen LogP contribution is -2.29. The molecule has 0 heterocycles. The van der Waals surface area contributed by atoms with Crippen LogP contribution in [0.15, 0.2) is 6.07 Å². The molecular weight excluding hydrogens is 240 g/mol. The molecule has 0 unspecified atom stereocenters. The molecule has 0 aliphatic carbocycles. The monoisotopic (exact) mass is 264 g/mol. The maximum absolute atomic E-state index is 5.32. The summed E-state index contributed by atoms with van der Waals surface area (Å²) in [6.07, 6.45) is 2.32. The summed E-state index contributed by atoms with van der Waals surface area (Å²) >= 11 is 5.32. The first-order valence-corrected chi connectivity index (χ1v) is 7.00. The molecule has 0 amide bonds. The van der Waals surface area contributed by atoms with Crippen LogP contribution in [0.25, 0.3) is 0 Å². The summed E-state index contributed by atoms with van der Waals surface area (Å²) in [6.45, 7) is 11.7. The molecule has 0 saturated carbocycles. The number of benzene rings is 1.